The average molecular weight is 523 g/mol. The van der Waals surface area contributed by atoms with E-state index in [0.29, 0.717) is 37.5 Å². The van der Waals surface area contributed by atoms with Gasteiger partial charge in [-0.1, -0.05) is 51.0 Å². The van der Waals surface area contributed by atoms with Gasteiger partial charge in [-0.2, -0.15) is 4.98 Å². The third-order valence-corrected chi connectivity index (χ3v) is 8.01. The molecule has 1 saturated carbocycles. The van der Waals surface area contributed by atoms with Crippen molar-refractivity contribution in [2.75, 3.05) is 43.0 Å². The Balaban J connectivity index is 1.26. The van der Waals surface area contributed by atoms with Crippen LogP contribution in [0.4, 0.5) is 21.4 Å². The number of nitrogens with zero attached hydrogens (tertiary/aromatic N) is 5. The number of piperazine rings is 1. The standard InChI is InChI=1S/C28H38N6O4/c1-18(2)24-17-38-28(37)34(24)25-10-11-29-26(31-25)30-19(3)21-6-8-22(9-7-21)23(16-20-4-5-20)32-12-14-33(15-13-32)27(35)36/h6-11,18-20,23-24H,4-5,12-17H2,1-3H3,(H,35,36)(H,29,30,31)/t19?,23?,24-/m1/s1. The van der Waals surface area contributed by atoms with E-state index in [1.807, 2.05) is 0 Å². The van der Waals surface area contributed by atoms with Crippen molar-refractivity contribution in [1.82, 2.24) is 19.8 Å². The summed E-state index contributed by atoms with van der Waals surface area (Å²) in [4.78, 5) is 38.3. The number of rotatable bonds is 9. The Morgan fingerprint density at radius 3 is 2.39 bits per heavy atom. The molecule has 1 aromatic carbocycles. The van der Waals surface area contributed by atoms with Crippen molar-refractivity contribution in [2.24, 2.45) is 11.8 Å². The number of ether oxygens (including phenoxy) is 1. The quantitative estimate of drug-likeness (QED) is 0.485. The van der Waals surface area contributed by atoms with Gasteiger partial charge in [-0.3, -0.25) is 9.80 Å². The molecule has 2 aromatic rings. The molecule has 2 amide bonds. The predicted molar refractivity (Wildman–Crippen MR) is 144 cm³/mol. The van der Waals surface area contributed by atoms with Gasteiger partial charge in [-0.05, 0) is 42.4 Å². The van der Waals surface area contributed by atoms with Crippen molar-refractivity contribution in [3.63, 3.8) is 0 Å². The zero-order valence-corrected chi connectivity index (χ0v) is 22.4. The van der Waals surface area contributed by atoms with E-state index < -0.39 is 6.09 Å². The molecule has 204 valence electrons. The van der Waals surface area contributed by atoms with Crippen LogP contribution < -0.4 is 10.2 Å². The van der Waals surface area contributed by atoms with Gasteiger partial charge in [0.2, 0.25) is 5.95 Å². The monoisotopic (exact) mass is 522 g/mol. The lowest BCUT2D eigenvalue weighted by Crippen LogP contribution is -2.49. The van der Waals surface area contributed by atoms with Crippen LogP contribution in [-0.4, -0.2) is 75.9 Å². The number of nitrogens with one attached hydrogen (secondary N) is 1. The summed E-state index contributed by atoms with van der Waals surface area (Å²) in [6.45, 7) is 9.21. The topological polar surface area (TPSA) is 111 Å². The summed E-state index contributed by atoms with van der Waals surface area (Å²) in [5.41, 5.74) is 2.39. The van der Waals surface area contributed by atoms with Crippen LogP contribution in [0.15, 0.2) is 36.5 Å². The molecular weight excluding hydrogens is 484 g/mol. The highest BCUT2D eigenvalue weighted by atomic mass is 16.6. The molecule has 2 saturated heterocycles. The summed E-state index contributed by atoms with van der Waals surface area (Å²) in [6, 6.07) is 10.7. The summed E-state index contributed by atoms with van der Waals surface area (Å²) in [5.74, 6) is 2.02. The number of carbonyl (C=O) groups excluding carboxylic acids is 1. The Bertz CT molecular complexity index is 1130. The average Bonchev–Trinajstić information content (AvgIpc) is 3.65. The minimum atomic E-state index is -0.830. The molecule has 3 fully saturated rings. The van der Waals surface area contributed by atoms with E-state index >= 15 is 0 Å². The van der Waals surface area contributed by atoms with Crippen LogP contribution in [0.25, 0.3) is 0 Å². The van der Waals surface area contributed by atoms with E-state index in [1.54, 1.807) is 17.2 Å². The highest BCUT2D eigenvalue weighted by Gasteiger charge is 2.37. The highest BCUT2D eigenvalue weighted by Crippen LogP contribution is 2.40. The van der Waals surface area contributed by atoms with Crippen LogP contribution in [0.3, 0.4) is 0 Å². The Hall–Kier alpha value is -3.40. The maximum Gasteiger partial charge on any atom is 0.415 e. The van der Waals surface area contributed by atoms with Crippen molar-refractivity contribution in [3.05, 3.63) is 47.7 Å². The van der Waals surface area contributed by atoms with Gasteiger partial charge in [0.15, 0.2) is 0 Å². The smallest absolute Gasteiger partial charge is 0.415 e. The number of cyclic esters (lactones) is 1. The van der Waals surface area contributed by atoms with Gasteiger partial charge in [0.1, 0.15) is 12.4 Å². The first-order chi connectivity index (χ1) is 18.3. The van der Waals surface area contributed by atoms with Crippen LogP contribution in [0.2, 0.25) is 0 Å². The minimum Gasteiger partial charge on any atom is -0.465 e. The van der Waals surface area contributed by atoms with Gasteiger partial charge in [-0.25, -0.2) is 14.6 Å². The third-order valence-electron chi connectivity index (χ3n) is 8.01. The second-order valence-electron chi connectivity index (χ2n) is 11.0. The Labute approximate surface area is 224 Å². The number of carbonyl (C=O) groups is 2. The van der Waals surface area contributed by atoms with Gasteiger partial charge >= 0.3 is 12.2 Å². The normalized spacial score (nSPS) is 21.9. The lowest BCUT2D eigenvalue weighted by atomic mass is 9.96. The second kappa shape index (κ2) is 11.1. The van der Waals surface area contributed by atoms with Crippen molar-refractivity contribution >= 4 is 24.0 Å². The van der Waals surface area contributed by atoms with E-state index in [-0.39, 0.29) is 24.1 Å². The SMILES string of the molecule is CC(Nc1nccc(N2C(=O)OC[C@@H]2C(C)C)n1)c1ccc(C(CC2CC2)N2CCN(C(=O)O)CC2)cc1. The molecule has 2 aliphatic heterocycles. The van der Waals surface area contributed by atoms with E-state index in [2.05, 4.69) is 65.2 Å². The number of hydrogen-bond donors (Lipinski definition) is 2. The molecule has 1 aromatic heterocycles. The molecule has 3 aliphatic rings. The van der Waals surface area contributed by atoms with E-state index in [9.17, 15) is 14.7 Å². The Morgan fingerprint density at radius 1 is 1.08 bits per heavy atom. The maximum absolute atomic E-state index is 12.4. The molecule has 10 nitrogen and oxygen atoms in total. The molecule has 2 unspecified atom stereocenters. The fraction of sp³-hybridized carbons (Fsp3) is 0.571. The fourth-order valence-electron chi connectivity index (χ4n) is 5.42. The molecule has 3 heterocycles. The molecule has 38 heavy (non-hydrogen) atoms. The first kappa shape index (κ1) is 26.2. The zero-order chi connectivity index (χ0) is 26.8. The third kappa shape index (κ3) is 5.85. The summed E-state index contributed by atoms with van der Waals surface area (Å²) in [5, 5.41) is 12.7. The van der Waals surface area contributed by atoms with Crippen LogP contribution >= 0.6 is 0 Å². The number of amides is 2. The fourth-order valence-corrected chi connectivity index (χ4v) is 5.42. The predicted octanol–water partition coefficient (Wildman–Crippen LogP) is 4.77. The van der Waals surface area contributed by atoms with E-state index in [0.717, 1.165) is 31.0 Å². The molecule has 1 aliphatic carbocycles. The lowest BCUT2D eigenvalue weighted by molar-refractivity contribution is 0.0805. The van der Waals surface area contributed by atoms with Gasteiger partial charge in [0, 0.05) is 38.4 Å². The number of hydrogen-bond acceptors (Lipinski definition) is 7. The van der Waals surface area contributed by atoms with Crippen LogP contribution in [-0.2, 0) is 4.74 Å². The van der Waals surface area contributed by atoms with Gasteiger partial charge in [0.05, 0.1) is 12.1 Å². The Kier molecular flexibility index (Phi) is 7.69. The molecule has 3 atom stereocenters. The van der Waals surface area contributed by atoms with Gasteiger partial charge in [0.25, 0.3) is 0 Å². The first-order valence-corrected chi connectivity index (χ1v) is 13.7. The zero-order valence-electron chi connectivity index (χ0n) is 22.4. The van der Waals surface area contributed by atoms with Gasteiger partial charge < -0.3 is 20.1 Å². The molecule has 0 spiro atoms. The molecule has 2 N–H and O–H groups in total. The maximum atomic E-state index is 12.4. The number of carboxylic acid groups (broad SMARTS) is 1. The van der Waals surface area contributed by atoms with Crippen molar-refractivity contribution in [3.8, 4) is 0 Å². The molecule has 0 bridgehead atoms. The van der Waals surface area contributed by atoms with E-state index in [1.165, 1.54) is 23.3 Å². The summed E-state index contributed by atoms with van der Waals surface area (Å²) in [7, 11) is 0. The summed E-state index contributed by atoms with van der Waals surface area (Å²) < 4.78 is 5.28. The van der Waals surface area contributed by atoms with Crippen molar-refractivity contribution < 1.29 is 19.4 Å². The molecule has 10 heteroatoms. The van der Waals surface area contributed by atoms with Crippen LogP contribution in [0.5, 0.6) is 0 Å². The summed E-state index contributed by atoms with van der Waals surface area (Å²) in [6.07, 6.45) is 4.16. The Morgan fingerprint density at radius 2 is 1.76 bits per heavy atom. The number of aromatic nitrogens is 2. The first-order valence-electron chi connectivity index (χ1n) is 13.7. The summed E-state index contributed by atoms with van der Waals surface area (Å²) >= 11 is 0. The number of benzene rings is 1. The lowest BCUT2D eigenvalue weighted by Gasteiger charge is -2.38. The van der Waals surface area contributed by atoms with Crippen LogP contribution in [0, 0.1) is 11.8 Å². The minimum absolute atomic E-state index is 0.0354. The van der Waals surface area contributed by atoms with E-state index in [4.69, 9.17) is 4.74 Å². The number of anilines is 2. The van der Waals surface area contributed by atoms with Crippen molar-refractivity contribution in [1.29, 1.82) is 0 Å². The van der Waals surface area contributed by atoms with Gasteiger partial charge in [-0.15, -0.1) is 0 Å². The largest absolute Gasteiger partial charge is 0.465 e. The molecule has 0 radical (unpaired) electrons. The molecular formula is C28H38N6O4. The highest BCUT2D eigenvalue weighted by molar-refractivity contribution is 5.89. The van der Waals surface area contributed by atoms with Crippen LogP contribution in [0.1, 0.15) is 63.2 Å². The second-order valence-corrected chi connectivity index (χ2v) is 11.0. The molecule has 5 rings (SSSR count). The van der Waals surface area contributed by atoms with Crippen molar-refractivity contribution in [2.45, 2.75) is 58.2 Å².